The Bertz CT molecular complexity index is 1040. The highest BCUT2D eigenvalue weighted by Crippen LogP contribution is 2.27. The molecule has 128 valence electrons. The monoisotopic (exact) mass is 376 g/mol. The van der Waals surface area contributed by atoms with Crippen LogP contribution in [0.3, 0.4) is 0 Å². The van der Waals surface area contributed by atoms with Crippen LogP contribution in [0.15, 0.2) is 65.7 Å². The van der Waals surface area contributed by atoms with E-state index < -0.39 is 10.0 Å². The summed E-state index contributed by atoms with van der Waals surface area (Å²) >= 11 is 5.84. The fourth-order valence-corrected chi connectivity index (χ4v) is 3.70. The van der Waals surface area contributed by atoms with Crippen LogP contribution < -0.4 is 4.72 Å². The lowest BCUT2D eigenvalue weighted by atomic mass is 10.0. The largest absolute Gasteiger partial charge is 0.263 e. The van der Waals surface area contributed by atoms with Crippen LogP contribution in [0.5, 0.6) is 0 Å². The molecule has 1 aromatic heterocycles. The highest BCUT2D eigenvalue weighted by atomic mass is 35.5. The first-order valence-electron chi connectivity index (χ1n) is 7.37. The minimum absolute atomic E-state index is 0.0395. The van der Waals surface area contributed by atoms with Crippen LogP contribution >= 0.6 is 11.6 Å². The minimum Gasteiger partial charge on any atom is -0.263 e. The molecule has 0 aliphatic heterocycles. The van der Waals surface area contributed by atoms with Gasteiger partial charge >= 0.3 is 0 Å². The summed E-state index contributed by atoms with van der Waals surface area (Å²) in [6.07, 6.45) is 1.45. The average molecular weight is 377 g/mol. The molecule has 0 aliphatic carbocycles. The zero-order valence-corrected chi connectivity index (χ0v) is 14.8. The molecule has 1 heterocycles. The number of pyridine rings is 1. The molecular formula is C18H14ClFN2O2S. The number of aromatic nitrogens is 1. The molecule has 0 spiro atoms. The smallest absolute Gasteiger partial charge is 0.263 e. The normalized spacial score (nSPS) is 11.3. The second kappa shape index (κ2) is 6.82. The van der Waals surface area contributed by atoms with Crippen molar-refractivity contribution in [3.63, 3.8) is 0 Å². The van der Waals surface area contributed by atoms with Crippen LogP contribution in [0.1, 0.15) is 5.56 Å². The number of hydrogen-bond donors (Lipinski definition) is 1. The maximum Gasteiger partial charge on any atom is 0.263 e. The predicted molar refractivity (Wildman–Crippen MR) is 96.6 cm³/mol. The molecular weight excluding hydrogens is 363 g/mol. The van der Waals surface area contributed by atoms with E-state index in [1.54, 1.807) is 43.3 Å². The molecule has 3 rings (SSSR count). The Morgan fingerprint density at radius 2 is 1.80 bits per heavy atom. The summed E-state index contributed by atoms with van der Waals surface area (Å²) in [5, 5.41) is 0.321. The van der Waals surface area contributed by atoms with Crippen molar-refractivity contribution in [2.75, 3.05) is 4.72 Å². The summed E-state index contributed by atoms with van der Waals surface area (Å²) in [7, 11) is -3.81. The summed E-state index contributed by atoms with van der Waals surface area (Å²) in [5.41, 5.74) is 1.71. The summed E-state index contributed by atoms with van der Waals surface area (Å²) < 4.78 is 41.1. The zero-order chi connectivity index (χ0) is 18.0. The SMILES string of the molecule is Cc1cc(NS(=O)(=O)c2cccc(Cl)c2)ncc1-c1ccccc1F. The number of benzene rings is 2. The molecule has 4 nitrogen and oxygen atoms in total. The molecule has 0 saturated heterocycles. The van der Waals surface area contributed by atoms with E-state index in [1.165, 1.54) is 24.4 Å². The molecule has 25 heavy (non-hydrogen) atoms. The van der Waals surface area contributed by atoms with Crippen molar-refractivity contribution < 1.29 is 12.8 Å². The molecule has 3 aromatic rings. The topological polar surface area (TPSA) is 59.1 Å². The standard InChI is InChI=1S/C18H14ClFN2O2S/c1-12-9-18(21-11-16(12)15-7-2-3-8-17(15)20)22-25(23,24)14-6-4-5-13(19)10-14/h2-11H,1H3,(H,21,22). The number of sulfonamides is 1. The van der Waals surface area contributed by atoms with Gasteiger partial charge in [0.05, 0.1) is 4.90 Å². The van der Waals surface area contributed by atoms with E-state index in [0.717, 1.165) is 0 Å². The number of halogens is 2. The predicted octanol–water partition coefficient (Wildman–Crippen LogP) is 4.65. The van der Waals surface area contributed by atoms with E-state index in [1.807, 2.05) is 0 Å². The van der Waals surface area contributed by atoms with Gasteiger partial charge in [-0.2, -0.15) is 0 Å². The Morgan fingerprint density at radius 3 is 2.48 bits per heavy atom. The number of rotatable bonds is 4. The van der Waals surface area contributed by atoms with Gasteiger partial charge in [0.25, 0.3) is 10.0 Å². The van der Waals surface area contributed by atoms with Gasteiger partial charge in [-0.3, -0.25) is 4.72 Å². The molecule has 0 unspecified atom stereocenters. The quantitative estimate of drug-likeness (QED) is 0.721. The summed E-state index contributed by atoms with van der Waals surface area (Å²) in [6, 6.07) is 13.8. The molecule has 2 aromatic carbocycles. The summed E-state index contributed by atoms with van der Waals surface area (Å²) in [5.74, 6) is -0.211. The number of hydrogen-bond acceptors (Lipinski definition) is 3. The first kappa shape index (κ1) is 17.4. The van der Waals surface area contributed by atoms with Crippen LogP contribution in [0, 0.1) is 12.7 Å². The van der Waals surface area contributed by atoms with E-state index in [2.05, 4.69) is 9.71 Å². The van der Waals surface area contributed by atoms with Crippen LogP contribution in [-0.4, -0.2) is 13.4 Å². The lowest BCUT2D eigenvalue weighted by molar-refractivity contribution is 0.601. The second-order valence-electron chi connectivity index (χ2n) is 5.43. The Hall–Kier alpha value is -2.44. The van der Waals surface area contributed by atoms with Gasteiger partial charge in [0, 0.05) is 22.3 Å². The van der Waals surface area contributed by atoms with E-state index in [4.69, 9.17) is 11.6 Å². The van der Waals surface area contributed by atoms with Crippen LogP contribution in [-0.2, 0) is 10.0 Å². The zero-order valence-electron chi connectivity index (χ0n) is 13.2. The number of anilines is 1. The third kappa shape index (κ3) is 3.81. The molecule has 0 atom stereocenters. The Labute approximate surface area is 150 Å². The van der Waals surface area contributed by atoms with Gasteiger partial charge in [0.1, 0.15) is 11.6 Å². The van der Waals surface area contributed by atoms with Gasteiger partial charge in [-0.15, -0.1) is 0 Å². The van der Waals surface area contributed by atoms with Gasteiger partial charge < -0.3 is 0 Å². The van der Waals surface area contributed by atoms with E-state index in [0.29, 0.717) is 21.7 Å². The third-order valence-electron chi connectivity index (χ3n) is 3.62. The average Bonchev–Trinajstić information content (AvgIpc) is 2.56. The lowest BCUT2D eigenvalue weighted by Gasteiger charge is -2.11. The minimum atomic E-state index is -3.81. The fourth-order valence-electron chi connectivity index (χ4n) is 2.40. The highest BCUT2D eigenvalue weighted by Gasteiger charge is 2.16. The highest BCUT2D eigenvalue weighted by molar-refractivity contribution is 7.92. The van der Waals surface area contributed by atoms with Crippen molar-refractivity contribution >= 4 is 27.4 Å². The molecule has 0 amide bonds. The number of nitrogens with one attached hydrogen (secondary N) is 1. The van der Waals surface area contributed by atoms with Crippen molar-refractivity contribution in [2.45, 2.75) is 11.8 Å². The van der Waals surface area contributed by atoms with Crippen molar-refractivity contribution in [1.82, 2.24) is 4.98 Å². The van der Waals surface area contributed by atoms with Crippen LogP contribution in [0.25, 0.3) is 11.1 Å². The molecule has 7 heteroatoms. The third-order valence-corrected chi connectivity index (χ3v) is 5.21. The maximum atomic E-state index is 13.9. The van der Waals surface area contributed by atoms with Gasteiger partial charge in [0.15, 0.2) is 0 Å². The van der Waals surface area contributed by atoms with Gasteiger partial charge in [-0.1, -0.05) is 35.9 Å². The van der Waals surface area contributed by atoms with E-state index in [-0.39, 0.29) is 16.5 Å². The van der Waals surface area contributed by atoms with Gasteiger partial charge in [-0.05, 0) is 42.8 Å². The number of aryl methyl sites for hydroxylation is 1. The Balaban J connectivity index is 1.93. The fraction of sp³-hybridized carbons (Fsp3) is 0.0556. The Kier molecular flexibility index (Phi) is 4.74. The summed E-state index contributed by atoms with van der Waals surface area (Å²) in [6.45, 7) is 1.76. The van der Waals surface area contributed by atoms with E-state index in [9.17, 15) is 12.8 Å². The van der Waals surface area contributed by atoms with Crippen LogP contribution in [0.2, 0.25) is 5.02 Å². The molecule has 0 saturated carbocycles. The van der Waals surface area contributed by atoms with Gasteiger partial charge in [-0.25, -0.2) is 17.8 Å². The lowest BCUT2D eigenvalue weighted by Crippen LogP contribution is -2.14. The maximum absolute atomic E-state index is 13.9. The van der Waals surface area contributed by atoms with Crippen molar-refractivity contribution in [3.8, 4) is 11.1 Å². The molecule has 1 N–H and O–H groups in total. The second-order valence-corrected chi connectivity index (χ2v) is 7.55. The molecule has 0 fully saturated rings. The first-order valence-corrected chi connectivity index (χ1v) is 9.23. The molecule has 0 radical (unpaired) electrons. The van der Waals surface area contributed by atoms with Crippen molar-refractivity contribution in [2.24, 2.45) is 0 Å². The van der Waals surface area contributed by atoms with Crippen molar-refractivity contribution in [3.05, 3.63) is 77.2 Å². The number of nitrogens with zero attached hydrogens (tertiary/aromatic N) is 1. The molecule has 0 aliphatic rings. The van der Waals surface area contributed by atoms with Crippen LogP contribution in [0.4, 0.5) is 10.2 Å². The summed E-state index contributed by atoms with van der Waals surface area (Å²) in [4.78, 5) is 4.14. The first-order chi connectivity index (χ1) is 11.9. The Morgan fingerprint density at radius 1 is 1.04 bits per heavy atom. The van der Waals surface area contributed by atoms with Gasteiger partial charge in [0.2, 0.25) is 0 Å². The van der Waals surface area contributed by atoms with Crippen molar-refractivity contribution in [1.29, 1.82) is 0 Å². The molecule has 0 bridgehead atoms. The van der Waals surface area contributed by atoms with E-state index >= 15 is 0 Å².